The average Bonchev–Trinajstić information content (AvgIpc) is 3.17. The summed E-state index contributed by atoms with van der Waals surface area (Å²) in [7, 11) is 0. The molecule has 0 saturated carbocycles. The van der Waals surface area contributed by atoms with Crippen LogP contribution in [0.5, 0.6) is 5.75 Å². The van der Waals surface area contributed by atoms with Crippen molar-refractivity contribution in [2.24, 2.45) is 17.8 Å². The Morgan fingerprint density at radius 1 is 1.15 bits per heavy atom. The van der Waals surface area contributed by atoms with E-state index in [2.05, 4.69) is 4.98 Å². The highest BCUT2D eigenvalue weighted by atomic mass is 16.3. The zero-order chi connectivity index (χ0) is 28.3. The summed E-state index contributed by atoms with van der Waals surface area (Å²) < 4.78 is 0. The van der Waals surface area contributed by atoms with E-state index in [0.29, 0.717) is 38.6 Å². The Kier molecular flexibility index (Phi) is 9.03. The summed E-state index contributed by atoms with van der Waals surface area (Å²) >= 11 is 0. The molecule has 39 heavy (non-hydrogen) atoms. The molecule has 4 atom stereocenters. The molecule has 3 N–H and O–H groups in total. The molecular weight excluding hydrogens is 492 g/mol. The second kappa shape index (κ2) is 12.3. The number of aryl methyl sites for hydroxylation is 2. The number of fused-ring (bicyclic) bond motifs is 1. The zero-order valence-corrected chi connectivity index (χ0v) is 23.4. The fourth-order valence-electron chi connectivity index (χ4n) is 6.36. The number of likely N-dealkylation sites (tertiary alicyclic amines) is 1. The molecule has 1 aromatic heterocycles. The summed E-state index contributed by atoms with van der Waals surface area (Å²) in [5.74, 6) is -1.75. The van der Waals surface area contributed by atoms with Crippen LogP contribution in [-0.4, -0.2) is 56.3 Å². The third kappa shape index (κ3) is 5.70. The SMILES string of the molecule is CCCN1C(=O)[C@@H]2[C@@H](CC(CC)=C([C@H](O)CC/C(=C/c3cc(C)c(O)c(C)c3)c3ccccn3)[C@@H]2CO)C1=O. The monoisotopic (exact) mass is 532 g/mol. The molecule has 0 unspecified atom stereocenters. The van der Waals surface area contributed by atoms with E-state index in [1.54, 1.807) is 6.20 Å². The van der Waals surface area contributed by atoms with Crippen LogP contribution in [0.2, 0.25) is 0 Å². The molecule has 2 aliphatic rings. The number of carbonyl (C=O) groups excluding carboxylic acids is 2. The lowest BCUT2D eigenvalue weighted by atomic mass is 9.67. The van der Waals surface area contributed by atoms with Crippen molar-refractivity contribution in [3.05, 3.63) is 70.1 Å². The Morgan fingerprint density at radius 2 is 1.87 bits per heavy atom. The van der Waals surface area contributed by atoms with Crippen molar-refractivity contribution in [2.75, 3.05) is 13.2 Å². The van der Waals surface area contributed by atoms with Crippen molar-refractivity contribution in [3.63, 3.8) is 0 Å². The first-order chi connectivity index (χ1) is 18.7. The maximum Gasteiger partial charge on any atom is 0.233 e. The van der Waals surface area contributed by atoms with Gasteiger partial charge in [0.2, 0.25) is 11.8 Å². The smallest absolute Gasteiger partial charge is 0.233 e. The number of rotatable bonds is 10. The van der Waals surface area contributed by atoms with Crippen LogP contribution in [0.4, 0.5) is 0 Å². The molecule has 1 aromatic carbocycles. The number of benzene rings is 1. The fourth-order valence-corrected chi connectivity index (χ4v) is 6.36. The van der Waals surface area contributed by atoms with Gasteiger partial charge in [-0.15, -0.1) is 0 Å². The van der Waals surface area contributed by atoms with Gasteiger partial charge in [-0.25, -0.2) is 0 Å². The number of hydrogen-bond acceptors (Lipinski definition) is 6. The molecule has 2 aromatic rings. The normalized spacial score (nSPS) is 22.5. The Morgan fingerprint density at radius 3 is 2.46 bits per heavy atom. The average molecular weight is 533 g/mol. The lowest BCUT2D eigenvalue weighted by Crippen LogP contribution is -2.39. The second-order valence-corrected chi connectivity index (χ2v) is 10.8. The van der Waals surface area contributed by atoms with Gasteiger partial charge >= 0.3 is 0 Å². The van der Waals surface area contributed by atoms with E-state index in [1.807, 2.05) is 64.1 Å². The van der Waals surface area contributed by atoms with Crippen molar-refractivity contribution >= 4 is 23.5 Å². The standard InChI is InChI=1S/C32H40N2O5/c1-5-13-34-31(38)24-17-22(6-2)28(25(18-35)29(24)32(34)39)27(36)11-10-23(26-9-7-8-12-33-26)16-21-14-19(3)30(37)20(4)15-21/h7-9,12,14-16,24-25,27,29,35-37H,5-6,10-11,13,17-18H2,1-4H3/b23-16-/t24-,25+,27-,29-/m1/s1. The van der Waals surface area contributed by atoms with Crippen LogP contribution >= 0.6 is 0 Å². The lowest BCUT2D eigenvalue weighted by Gasteiger charge is -2.36. The molecule has 7 nitrogen and oxygen atoms in total. The van der Waals surface area contributed by atoms with Crippen molar-refractivity contribution in [3.8, 4) is 5.75 Å². The molecule has 4 rings (SSSR count). The van der Waals surface area contributed by atoms with Gasteiger partial charge in [-0.2, -0.15) is 0 Å². The van der Waals surface area contributed by atoms with Crippen molar-refractivity contribution in [2.45, 2.75) is 65.9 Å². The van der Waals surface area contributed by atoms with Gasteiger partial charge in [0.15, 0.2) is 0 Å². The zero-order valence-electron chi connectivity index (χ0n) is 23.4. The highest BCUT2D eigenvalue weighted by molar-refractivity contribution is 6.05. The molecule has 1 saturated heterocycles. The van der Waals surface area contributed by atoms with E-state index in [-0.39, 0.29) is 24.2 Å². The first-order valence-corrected chi connectivity index (χ1v) is 14.0. The number of aliphatic hydroxyl groups excluding tert-OH is 2. The van der Waals surface area contributed by atoms with Crippen molar-refractivity contribution < 1.29 is 24.9 Å². The van der Waals surface area contributed by atoms with Gasteiger partial charge in [-0.05, 0) is 104 Å². The van der Waals surface area contributed by atoms with Crippen LogP contribution in [0.3, 0.4) is 0 Å². The summed E-state index contributed by atoms with van der Waals surface area (Å²) in [6, 6.07) is 9.56. The number of pyridine rings is 1. The number of amides is 2. The van der Waals surface area contributed by atoms with E-state index >= 15 is 0 Å². The van der Waals surface area contributed by atoms with Crippen LogP contribution in [0, 0.1) is 31.6 Å². The minimum absolute atomic E-state index is 0.148. The number of hydrogen-bond donors (Lipinski definition) is 3. The fraction of sp³-hybridized carbons (Fsp3) is 0.469. The predicted molar refractivity (Wildman–Crippen MR) is 151 cm³/mol. The van der Waals surface area contributed by atoms with Gasteiger partial charge in [0.05, 0.1) is 30.2 Å². The van der Waals surface area contributed by atoms with Crippen LogP contribution in [-0.2, 0) is 9.59 Å². The van der Waals surface area contributed by atoms with Gasteiger partial charge in [0, 0.05) is 18.7 Å². The molecular formula is C32H40N2O5. The Bertz CT molecular complexity index is 1260. The van der Waals surface area contributed by atoms with Gasteiger partial charge in [0.25, 0.3) is 0 Å². The molecule has 1 aliphatic carbocycles. The van der Waals surface area contributed by atoms with Crippen molar-refractivity contribution in [1.82, 2.24) is 9.88 Å². The van der Waals surface area contributed by atoms with Crippen LogP contribution in [0.15, 0.2) is 47.7 Å². The molecule has 208 valence electrons. The van der Waals surface area contributed by atoms with Gasteiger partial charge < -0.3 is 15.3 Å². The maximum absolute atomic E-state index is 13.3. The third-order valence-corrected chi connectivity index (χ3v) is 8.24. The summed E-state index contributed by atoms with van der Waals surface area (Å²) in [4.78, 5) is 32.2. The number of carbonyl (C=O) groups is 2. The largest absolute Gasteiger partial charge is 0.507 e. The molecule has 1 aliphatic heterocycles. The summed E-state index contributed by atoms with van der Waals surface area (Å²) in [6.45, 7) is 7.76. The minimum atomic E-state index is -0.864. The van der Waals surface area contributed by atoms with E-state index in [4.69, 9.17) is 0 Å². The quantitative estimate of drug-likeness (QED) is 0.299. The van der Waals surface area contributed by atoms with Gasteiger partial charge in [-0.3, -0.25) is 19.5 Å². The number of aromatic hydroxyl groups is 1. The number of imide groups is 1. The molecule has 0 spiro atoms. The summed E-state index contributed by atoms with van der Waals surface area (Å²) in [6.07, 6.45) is 5.58. The first kappa shape index (κ1) is 28.7. The van der Waals surface area contributed by atoms with Gasteiger partial charge in [-0.1, -0.05) is 25.5 Å². The molecule has 2 heterocycles. The Labute approximate surface area is 230 Å². The number of allylic oxidation sites excluding steroid dienone is 2. The summed E-state index contributed by atoms with van der Waals surface area (Å²) in [5, 5.41) is 32.2. The number of phenols is 1. The predicted octanol–water partition coefficient (Wildman–Crippen LogP) is 4.82. The van der Waals surface area contributed by atoms with Crippen LogP contribution in [0.25, 0.3) is 11.6 Å². The molecule has 2 amide bonds. The first-order valence-electron chi connectivity index (χ1n) is 14.0. The molecule has 1 fully saturated rings. The van der Waals surface area contributed by atoms with E-state index < -0.39 is 23.9 Å². The van der Waals surface area contributed by atoms with E-state index in [1.165, 1.54) is 4.90 Å². The number of aliphatic hydroxyl groups is 2. The molecule has 0 radical (unpaired) electrons. The number of nitrogens with zero attached hydrogens (tertiary/aromatic N) is 2. The maximum atomic E-state index is 13.3. The van der Waals surface area contributed by atoms with Crippen LogP contribution in [0.1, 0.15) is 68.3 Å². The van der Waals surface area contributed by atoms with Crippen molar-refractivity contribution in [1.29, 1.82) is 0 Å². The summed E-state index contributed by atoms with van der Waals surface area (Å²) in [5.41, 5.74) is 5.93. The topological polar surface area (TPSA) is 111 Å². The second-order valence-electron chi connectivity index (χ2n) is 10.8. The van der Waals surface area contributed by atoms with Gasteiger partial charge in [0.1, 0.15) is 5.75 Å². The Balaban J connectivity index is 1.64. The third-order valence-electron chi connectivity index (χ3n) is 8.24. The number of aromatic nitrogens is 1. The van der Waals surface area contributed by atoms with E-state index in [9.17, 15) is 24.9 Å². The minimum Gasteiger partial charge on any atom is -0.507 e. The molecule has 7 heteroatoms. The Hall–Kier alpha value is -3.29. The lowest BCUT2D eigenvalue weighted by molar-refractivity contribution is -0.140. The molecule has 0 bridgehead atoms. The number of phenolic OH excluding ortho intramolecular Hbond substituents is 1. The highest BCUT2D eigenvalue weighted by Gasteiger charge is 2.54. The highest BCUT2D eigenvalue weighted by Crippen LogP contribution is 2.47. The van der Waals surface area contributed by atoms with Crippen LogP contribution < -0.4 is 0 Å². The van der Waals surface area contributed by atoms with E-state index in [0.717, 1.165) is 39.1 Å².